The maximum Gasteiger partial charge on any atom is 0.228 e. The van der Waals surface area contributed by atoms with E-state index in [1.54, 1.807) is 23.5 Å². The summed E-state index contributed by atoms with van der Waals surface area (Å²) in [6, 6.07) is 1.97. The van der Waals surface area contributed by atoms with Gasteiger partial charge < -0.3 is 10.6 Å². The number of carbonyl (C=O) groups excluding carboxylic acids is 2. The third-order valence-electron chi connectivity index (χ3n) is 4.51. The lowest BCUT2D eigenvalue weighted by Crippen LogP contribution is -2.43. The minimum Gasteiger partial charge on any atom is -0.372 e. The molecule has 8 heteroatoms. The molecule has 29 heavy (non-hydrogen) atoms. The number of aromatic nitrogens is 3. The van der Waals surface area contributed by atoms with Crippen LogP contribution in [0.15, 0.2) is 42.8 Å². The molecule has 1 saturated heterocycles. The average molecular weight is 394 g/mol. The van der Waals surface area contributed by atoms with Gasteiger partial charge in [-0.15, -0.1) is 0 Å². The zero-order chi connectivity index (χ0) is 20.6. The fourth-order valence-corrected chi connectivity index (χ4v) is 3.10. The standard InChI is InChI=1S/C21H26N6O2/c1-3-5-19-23-8-4-9-27(19)21(29)7-6-20(28)26-18-14-24-17(13-25-18)16-10-15(2)11-22-12-16/h5,10-14,23H,3-4,6-9H2,1-2H3,(H,25,26,28)/b19-5+. The SMILES string of the molecule is CC/C=C1\NCCCN1C(=O)CCC(=O)Nc1cnc(-c2cncc(C)c2)cn1. The summed E-state index contributed by atoms with van der Waals surface area (Å²) in [5.74, 6) is 0.887. The summed E-state index contributed by atoms with van der Waals surface area (Å²) in [5.41, 5.74) is 2.58. The molecule has 3 rings (SSSR count). The Labute approximate surface area is 170 Å². The zero-order valence-corrected chi connectivity index (χ0v) is 16.8. The molecule has 0 aliphatic carbocycles. The Kier molecular flexibility index (Phi) is 6.89. The molecular weight excluding hydrogens is 368 g/mol. The average Bonchev–Trinajstić information content (AvgIpc) is 2.73. The second kappa shape index (κ2) is 9.77. The summed E-state index contributed by atoms with van der Waals surface area (Å²) in [7, 11) is 0. The second-order valence-electron chi connectivity index (χ2n) is 6.91. The first-order chi connectivity index (χ1) is 14.1. The van der Waals surface area contributed by atoms with Gasteiger partial charge in [0.15, 0.2) is 5.82 Å². The number of hydrogen-bond acceptors (Lipinski definition) is 6. The molecule has 0 atom stereocenters. The van der Waals surface area contributed by atoms with Crippen LogP contribution >= 0.6 is 0 Å². The van der Waals surface area contributed by atoms with E-state index in [0.29, 0.717) is 18.1 Å². The molecule has 152 valence electrons. The molecule has 1 aliphatic heterocycles. The molecule has 1 aliphatic rings. The maximum absolute atomic E-state index is 12.5. The number of hydrogen-bond donors (Lipinski definition) is 2. The van der Waals surface area contributed by atoms with Gasteiger partial charge in [0.2, 0.25) is 11.8 Å². The second-order valence-corrected chi connectivity index (χ2v) is 6.91. The van der Waals surface area contributed by atoms with Crippen LogP contribution in [0.3, 0.4) is 0 Å². The van der Waals surface area contributed by atoms with Crippen LogP contribution in [0.2, 0.25) is 0 Å². The summed E-state index contributed by atoms with van der Waals surface area (Å²) in [6.45, 7) is 5.53. The van der Waals surface area contributed by atoms with E-state index in [1.807, 2.05) is 26.0 Å². The van der Waals surface area contributed by atoms with Crippen molar-refractivity contribution in [1.82, 2.24) is 25.2 Å². The summed E-state index contributed by atoms with van der Waals surface area (Å²) < 4.78 is 0. The summed E-state index contributed by atoms with van der Waals surface area (Å²) in [4.78, 5) is 39.2. The first-order valence-electron chi connectivity index (χ1n) is 9.85. The monoisotopic (exact) mass is 394 g/mol. The third-order valence-corrected chi connectivity index (χ3v) is 4.51. The van der Waals surface area contributed by atoms with Gasteiger partial charge in [0, 0.05) is 43.9 Å². The largest absolute Gasteiger partial charge is 0.372 e. The highest BCUT2D eigenvalue weighted by molar-refractivity contribution is 5.92. The smallest absolute Gasteiger partial charge is 0.228 e. The Balaban J connectivity index is 1.53. The summed E-state index contributed by atoms with van der Waals surface area (Å²) >= 11 is 0. The number of carbonyl (C=O) groups is 2. The van der Waals surface area contributed by atoms with Crippen LogP contribution < -0.4 is 10.6 Å². The van der Waals surface area contributed by atoms with Crippen LogP contribution in [0, 0.1) is 6.92 Å². The molecule has 1 fully saturated rings. The number of anilines is 1. The number of rotatable bonds is 6. The minimum absolute atomic E-state index is 0.0552. The number of nitrogens with zero attached hydrogens (tertiary/aromatic N) is 4. The Hall–Kier alpha value is -3.29. The molecule has 0 unspecified atom stereocenters. The van der Waals surface area contributed by atoms with Gasteiger partial charge in [0.25, 0.3) is 0 Å². The van der Waals surface area contributed by atoms with Gasteiger partial charge in [-0.25, -0.2) is 4.98 Å². The molecule has 0 radical (unpaired) electrons. The summed E-state index contributed by atoms with van der Waals surface area (Å²) in [5, 5.41) is 5.94. The van der Waals surface area contributed by atoms with Crippen LogP contribution in [0.25, 0.3) is 11.3 Å². The van der Waals surface area contributed by atoms with Crippen molar-refractivity contribution in [2.75, 3.05) is 18.4 Å². The Bertz CT molecular complexity index is 894. The maximum atomic E-state index is 12.5. The van der Waals surface area contributed by atoms with E-state index < -0.39 is 0 Å². The Morgan fingerprint density at radius 2 is 2.07 bits per heavy atom. The number of amides is 2. The van der Waals surface area contributed by atoms with Crippen LogP contribution in [0.1, 0.15) is 38.2 Å². The molecule has 8 nitrogen and oxygen atoms in total. The van der Waals surface area contributed by atoms with Gasteiger partial charge in [0.1, 0.15) is 5.82 Å². The van der Waals surface area contributed by atoms with Crippen LogP contribution in [0.4, 0.5) is 5.82 Å². The number of nitrogens with one attached hydrogen (secondary N) is 2. The van der Waals surface area contributed by atoms with Crippen molar-refractivity contribution in [3.8, 4) is 11.3 Å². The van der Waals surface area contributed by atoms with E-state index in [1.165, 1.54) is 6.20 Å². The fourth-order valence-electron chi connectivity index (χ4n) is 3.10. The summed E-state index contributed by atoms with van der Waals surface area (Å²) in [6.07, 6.45) is 10.6. The van der Waals surface area contributed by atoms with Gasteiger partial charge in [-0.3, -0.25) is 24.5 Å². The van der Waals surface area contributed by atoms with Crippen molar-refractivity contribution in [2.45, 2.75) is 39.5 Å². The molecule has 0 spiro atoms. The fraction of sp³-hybridized carbons (Fsp3) is 0.381. The topological polar surface area (TPSA) is 100 Å². The molecule has 0 bridgehead atoms. The predicted octanol–water partition coefficient (Wildman–Crippen LogP) is 2.64. The lowest BCUT2D eigenvalue weighted by Gasteiger charge is -2.31. The van der Waals surface area contributed by atoms with Crippen molar-refractivity contribution >= 4 is 17.6 Å². The van der Waals surface area contributed by atoms with Crippen molar-refractivity contribution in [3.63, 3.8) is 0 Å². The zero-order valence-electron chi connectivity index (χ0n) is 16.8. The molecule has 2 N–H and O–H groups in total. The van der Waals surface area contributed by atoms with E-state index in [9.17, 15) is 9.59 Å². The van der Waals surface area contributed by atoms with Crippen LogP contribution in [0.5, 0.6) is 0 Å². The lowest BCUT2D eigenvalue weighted by atomic mass is 10.2. The van der Waals surface area contributed by atoms with Crippen molar-refractivity contribution in [3.05, 3.63) is 48.3 Å². The Morgan fingerprint density at radius 3 is 2.79 bits per heavy atom. The predicted molar refractivity (Wildman–Crippen MR) is 111 cm³/mol. The molecule has 0 aromatic carbocycles. The normalized spacial score (nSPS) is 15.1. The van der Waals surface area contributed by atoms with Crippen LogP contribution in [-0.4, -0.2) is 44.8 Å². The highest BCUT2D eigenvalue weighted by atomic mass is 16.2. The minimum atomic E-state index is -0.261. The van der Waals surface area contributed by atoms with E-state index in [0.717, 1.165) is 36.3 Å². The van der Waals surface area contributed by atoms with E-state index in [-0.39, 0.29) is 24.7 Å². The number of aryl methyl sites for hydroxylation is 1. The third kappa shape index (κ3) is 5.60. The van der Waals surface area contributed by atoms with Crippen molar-refractivity contribution in [1.29, 1.82) is 0 Å². The first-order valence-corrected chi connectivity index (χ1v) is 9.85. The highest BCUT2D eigenvalue weighted by Gasteiger charge is 2.21. The first kappa shape index (κ1) is 20.4. The molecule has 2 aromatic heterocycles. The van der Waals surface area contributed by atoms with E-state index >= 15 is 0 Å². The molecule has 2 amide bonds. The lowest BCUT2D eigenvalue weighted by molar-refractivity contribution is -0.131. The molecule has 3 heterocycles. The van der Waals surface area contributed by atoms with E-state index in [4.69, 9.17) is 0 Å². The quantitative estimate of drug-likeness (QED) is 0.781. The van der Waals surface area contributed by atoms with Gasteiger partial charge >= 0.3 is 0 Å². The Morgan fingerprint density at radius 1 is 1.21 bits per heavy atom. The van der Waals surface area contributed by atoms with Gasteiger partial charge in [-0.1, -0.05) is 6.92 Å². The molecule has 2 aromatic rings. The van der Waals surface area contributed by atoms with Crippen molar-refractivity contribution < 1.29 is 9.59 Å². The van der Waals surface area contributed by atoms with Crippen LogP contribution in [-0.2, 0) is 9.59 Å². The van der Waals surface area contributed by atoms with Gasteiger partial charge in [0.05, 0.1) is 18.1 Å². The van der Waals surface area contributed by atoms with Gasteiger partial charge in [-0.05, 0) is 37.5 Å². The highest BCUT2D eigenvalue weighted by Crippen LogP contribution is 2.17. The molecule has 0 saturated carbocycles. The van der Waals surface area contributed by atoms with Gasteiger partial charge in [-0.2, -0.15) is 0 Å². The van der Waals surface area contributed by atoms with Crippen molar-refractivity contribution in [2.24, 2.45) is 0 Å². The molecular formula is C21H26N6O2. The van der Waals surface area contributed by atoms with E-state index in [2.05, 4.69) is 25.6 Å². The number of pyridine rings is 1. The number of allylic oxidation sites excluding steroid dienone is 1.